The molecule has 8 nitrogen and oxygen atoms in total. The molecule has 3 aromatic heterocycles. The molecular weight excluding hydrogens is 382 g/mol. The molecule has 0 saturated heterocycles. The standard InChI is InChI=1S/C22H21N5O3/c1-4-19-18(11-23-22-24-13-25-27(19)22)21(29)30-12-20(28)17-10-14(2)26(15(17)3)16-8-6-5-7-9-16/h5-11,13H,4,12H2,1-3H3. The van der Waals surface area contributed by atoms with Gasteiger partial charge in [-0.2, -0.15) is 10.1 Å². The number of carbonyl (C=O) groups excluding carboxylic acids is 2. The van der Waals surface area contributed by atoms with Gasteiger partial charge in [-0.05, 0) is 38.5 Å². The summed E-state index contributed by atoms with van der Waals surface area (Å²) in [4.78, 5) is 33.6. The number of Topliss-reactive ketones (excluding diaryl/α,β-unsaturated/α-hetero) is 1. The summed E-state index contributed by atoms with van der Waals surface area (Å²) < 4.78 is 8.84. The zero-order chi connectivity index (χ0) is 21.3. The number of esters is 1. The average Bonchev–Trinajstić information content (AvgIpc) is 3.35. The van der Waals surface area contributed by atoms with Crippen LogP contribution in [-0.4, -0.2) is 42.5 Å². The molecule has 4 aromatic rings. The van der Waals surface area contributed by atoms with E-state index in [-0.39, 0.29) is 18.0 Å². The molecule has 0 amide bonds. The lowest BCUT2D eigenvalue weighted by molar-refractivity contribution is 0.0472. The van der Waals surface area contributed by atoms with Crippen molar-refractivity contribution in [2.24, 2.45) is 0 Å². The Morgan fingerprint density at radius 3 is 2.57 bits per heavy atom. The molecule has 0 aliphatic rings. The molecule has 152 valence electrons. The third kappa shape index (κ3) is 3.36. The van der Waals surface area contributed by atoms with E-state index < -0.39 is 5.97 Å². The lowest BCUT2D eigenvalue weighted by Gasteiger charge is -2.10. The molecule has 0 bridgehead atoms. The third-order valence-corrected chi connectivity index (χ3v) is 5.04. The maximum Gasteiger partial charge on any atom is 0.342 e. The molecule has 0 unspecified atom stereocenters. The molecule has 0 atom stereocenters. The molecule has 0 N–H and O–H groups in total. The first kappa shape index (κ1) is 19.5. The molecule has 1 aromatic carbocycles. The lowest BCUT2D eigenvalue weighted by Crippen LogP contribution is -2.18. The molecular formula is C22H21N5O3. The van der Waals surface area contributed by atoms with Crippen LogP contribution in [0.2, 0.25) is 0 Å². The molecule has 0 radical (unpaired) electrons. The number of hydrogen-bond acceptors (Lipinski definition) is 6. The molecule has 0 aliphatic heterocycles. The Morgan fingerprint density at radius 2 is 1.83 bits per heavy atom. The Morgan fingerprint density at radius 1 is 1.07 bits per heavy atom. The lowest BCUT2D eigenvalue weighted by atomic mass is 10.1. The monoisotopic (exact) mass is 403 g/mol. The van der Waals surface area contributed by atoms with Crippen LogP contribution in [0.1, 0.15) is 44.7 Å². The molecule has 0 saturated carbocycles. The quantitative estimate of drug-likeness (QED) is 0.363. The second kappa shape index (κ2) is 7.90. The van der Waals surface area contributed by atoms with Gasteiger partial charge in [-0.15, -0.1) is 0 Å². The number of para-hydroxylation sites is 1. The van der Waals surface area contributed by atoms with E-state index in [4.69, 9.17) is 4.74 Å². The molecule has 8 heteroatoms. The highest BCUT2D eigenvalue weighted by molar-refractivity contribution is 6.00. The fourth-order valence-corrected chi connectivity index (χ4v) is 3.64. The van der Waals surface area contributed by atoms with Gasteiger partial charge in [0.25, 0.3) is 5.78 Å². The van der Waals surface area contributed by atoms with Gasteiger partial charge < -0.3 is 9.30 Å². The zero-order valence-electron chi connectivity index (χ0n) is 17.0. The largest absolute Gasteiger partial charge is 0.454 e. The van der Waals surface area contributed by atoms with Crippen LogP contribution in [0.15, 0.2) is 48.9 Å². The van der Waals surface area contributed by atoms with Crippen LogP contribution in [-0.2, 0) is 11.2 Å². The minimum absolute atomic E-state index is 0.258. The smallest absolute Gasteiger partial charge is 0.342 e. The summed E-state index contributed by atoms with van der Waals surface area (Å²) in [6.45, 7) is 5.37. The molecule has 30 heavy (non-hydrogen) atoms. The van der Waals surface area contributed by atoms with Gasteiger partial charge >= 0.3 is 5.97 Å². The number of ether oxygens (including phenoxy) is 1. The van der Waals surface area contributed by atoms with Crippen LogP contribution < -0.4 is 0 Å². The highest BCUT2D eigenvalue weighted by atomic mass is 16.5. The average molecular weight is 403 g/mol. The Labute approximate surface area is 173 Å². The number of fused-ring (bicyclic) bond motifs is 1. The summed E-state index contributed by atoms with van der Waals surface area (Å²) in [5.74, 6) is -0.457. The van der Waals surface area contributed by atoms with Gasteiger partial charge in [-0.1, -0.05) is 25.1 Å². The normalized spacial score (nSPS) is 11.0. The maximum absolute atomic E-state index is 12.8. The minimum atomic E-state index is -0.609. The van der Waals surface area contributed by atoms with Crippen LogP contribution in [0.25, 0.3) is 11.5 Å². The Hall–Kier alpha value is -3.81. The molecule has 0 aliphatic carbocycles. The Bertz CT molecular complexity index is 1240. The number of carbonyl (C=O) groups is 2. The van der Waals surface area contributed by atoms with Crippen molar-refractivity contribution < 1.29 is 14.3 Å². The fourth-order valence-electron chi connectivity index (χ4n) is 3.64. The van der Waals surface area contributed by atoms with E-state index in [0.717, 1.165) is 17.1 Å². The highest BCUT2D eigenvalue weighted by Gasteiger charge is 2.21. The summed E-state index contributed by atoms with van der Waals surface area (Å²) in [5, 5.41) is 4.09. The summed E-state index contributed by atoms with van der Waals surface area (Å²) >= 11 is 0. The molecule has 4 rings (SSSR count). The van der Waals surface area contributed by atoms with Crippen LogP contribution in [0.3, 0.4) is 0 Å². The van der Waals surface area contributed by atoms with Crippen LogP contribution >= 0.6 is 0 Å². The van der Waals surface area contributed by atoms with Crippen molar-refractivity contribution >= 4 is 17.5 Å². The highest BCUT2D eigenvalue weighted by Crippen LogP contribution is 2.21. The summed E-state index contributed by atoms with van der Waals surface area (Å²) in [6, 6.07) is 11.6. The van der Waals surface area contributed by atoms with Gasteiger partial charge in [-0.25, -0.2) is 14.3 Å². The summed E-state index contributed by atoms with van der Waals surface area (Å²) in [7, 11) is 0. The van der Waals surface area contributed by atoms with Crippen molar-refractivity contribution in [3.63, 3.8) is 0 Å². The van der Waals surface area contributed by atoms with Crippen molar-refractivity contribution in [2.45, 2.75) is 27.2 Å². The van der Waals surface area contributed by atoms with E-state index in [1.165, 1.54) is 17.0 Å². The van der Waals surface area contributed by atoms with Crippen molar-refractivity contribution in [1.29, 1.82) is 0 Å². The molecule has 3 heterocycles. The SMILES string of the molecule is CCc1c(C(=O)OCC(=O)c2cc(C)n(-c3ccccc3)c2C)cnc2ncnn12. The summed E-state index contributed by atoms with van der Waals surface area (Å²) in [5.41, 5.74) is 4.16. The van der Waals surface area contributed by atoms with E-state index in [0.29, 0.717) is 23.5 Å². The second-order valence-corrected chi connectivity index (χ2v) is 6.90. The number of benzene rings is 1. The predicted octanol–water partition coefficient (Wildman–Crippen LogP) is 3.13. The van der Waals surface area contributed by atoms with E-state index in [9.17, 15) is 9.59 Å². The van der Waals surface area contributed by atoms with Gasteiger partial charge in [0.15, 0.2) is 6.61 Å². The maximum atomic E-state index is 12.8. The number of nitrogens with zero attached hydrogens (tertiary/aromatic N) is 5. The van der Waals surface area contributed by atoms with Gasteiger partial charge in [0, 0.05) is 28.8 Å². The van der Waals surface area contributed by atoms with Crippen LogP contribution in [0.5, 0.6) is 0 Å². The van der Waals surface area contributed by atoms with E-state index in [2.05, 4.69) is 15.1 Å². The predicted molar refractivity (Wildman–Crippen MR) is 110 cm³/mol. The first-order valence-electron chi connectivity index (χ1n) is 9.63. The van der Waals surface area contributed by atoms with Crippen LogP contribution in [0.4, 0.5) is 0 Å². The van der Waals surface area contributed by atoms with Gasteiger partial charge in [0.05, 0.1) is 11.3 Å². The summed E-state index contributed by atoms with van der Waals surface area (Å²) in [6.07, 6.45) is 3.33. The molecule has 0 fully saturated rings. The zero-order valence-corrected chi connectivity index (χ0v) is 17.0. The van der Waals surface area contributed by atoms with Crippen LogP contribution in [0, 0.1) is 13.8 Å². The van der Waals surface area contributed by atoms with E-state index >= 15 is 0 Å². The van der Waals surface area contributed by atoms with Gasteiger partial charge in [-0.3, -0.25) is 4.79 Å². The first-order chi connectivity index (χ1) is 14.5. The van der Waals surface area contributed by atoms with E-state index in [1.54, 1.807) is 0 Å². The second-order valence-electron chi connectivity index (χ2n) is 6.90. The minimum Gasteiger partial charge on any atom is -0.454 e. The van der Waals surface area contributed by atoms with Gasteiger partial charge in [0.2, 0.25) is 5.78 Å². The number of ketones is 1. The third-order valence-electron chi connectivity index (χ3n) is 5.04. The number of rotatable bonds is 6. The Balaban J connectivity index is 1.54. The Kier molecular flexibility index (Phi) is 5.14. The van der Waals surface area contributed by atoms with Gasteiger partial charge in [0.1, 0.15) is 6.33 Å². The van der Waals surface area contributed by atoms with Crippen molar-refractivity contribution in [3.8, 4) is 5.69 Å². The van der Waals surface area contributed by atoms with E-state index in [1.807, 2.05) is 61.7 Å². The number of aryl methyl sites for hydroxylation is 2. The number of hydrogen-bond donors (Lipinski definition) is 0. The first-order valence-corrected chi connectivity index (χ1v) is 9.63. The van der Waals surface area contributed by atoms with Crippen molar-refractivity contribution in [3.05, 3.63) is 77.1 Å². The number of aromatic nitrogens is 5. The van der Waals surface area contributed by atoms with Crippen molar-refractivity contribution in [2.75, 3.05) is 6.61 Å². The topological polar surface area (TPSA) is 91.4 Å². The van der Waals surface area contributed by atoms with Crippen molar-refractivity contribution in [1.82, 2.24) is 24.1 Å². The fraction of sp³-hybridized carbons (Fsp3) is 0.227. The molecule has 0 spiro atoms.